The number of halogens is 1. The van der Waals surface area contributed by atoms with E-state index >= 15 is 0 Å². The number of nitrogens with zero attached hydrogens (tertiary/aromatic N) is 4. The van der Waals surface area contributed by atoms with E-state index in [-0.39, 0.29) is 11.5 Å². The van der Waals surface area contributed by atoms with Gasteiger partial charge in [0.05, 0.1) is 5.69 Å². The van der Waals surface area contributed by atoms with Gasteiger partial charge in [-0.25, -0.2) is 4.98 Å². The Bertz CT molecular complexity index is 1270. The fourth-order valence-corrected chi connectivity index (χ4v) is 4.42. The fraction of sp³-hybridized carbons (Fsp3) is 0.105. The fourth-order valence-electron chi connectivity index (χ4n) is 2.59. The van der Waals surface area contributed by atoms with Crippen molar-refractivity contribution < 1.29 is 4.79 Å². The summed E-state index contributed by atoms with van der Waals surface area (Å²) >= 11 is 8.57. The molecular weight excluding hydrogens is 430 g/mol. The van der Waals surface area contributed by atoms with Crippen molar-refractivity contribution in [1.82, 2.24) is 19.6 Å². The van der Waals surface area contributed by atoms with Crippen LogP contribution in [0.15, 0.2) is 57.8 Å². The minimum Gasteiger partial charge on any atom is -0.296 e. The van der Waals surface area contributed by atoms with Gasteiger partial charge in [-0.2, -0.15) is 0 Å². The summed E-state index contributed by atoms with van der Waals surface area (Å²) in [6.45, 7) is 1.92. The van der Waals surface area contributed by atoms with Gasteiger partial charge in [0.15, 0.2) is 4.34 Å². The number of nitrogens with one attached hydrogen (secondary N) is 1. The van der Waals surface area contributed by atoms with Gasteiger partial charge >= 0.3 is 0 Å². The van der Waals surface area contributed by atoms with E-state index in [9.17, 15) is 9.59 Å². The highest BCUT2D eigenvalue weighted by atomic mass is 35.5. The van der Waals surface area contributed by atoms with Gasteiger partial charge in [-0.15, -0.1) is 10.2 Å². The van der Waals surface area contributed by atoms with Crippen molar-refractivity contribution in [2.24, 2.45) is 0 Å². The molecule has 146 valence electrons. The van der Waals surface area contributed by atoms with Crippen LogP contribution in [0.1, 0.15) is 21.6 Å². The molecule has 1 N–H and O–H groups in total. The Kier molecular flexibility index (Phi) is 5.61. The largest absolute Gasteiger partial charge is 0.296 e. The number of thioether (sulfide) groups is 1. The number of aromatic nitrogens is 4. The number of anilines is 1. The van der Waals surface area contributed by atoms with Crippen molar-refractivity contribution in [2.75, 3.05) is 5.32 Å². The van der Waals surface area contributed by atoms with Gasteiger partial charge in [0.2, 0.25) is 5.13 Å². The molecule has 0 atom stereocenters. The maximum atomic E-state index is 12.3. The Hall–Kier alpha value is -2.75. The number of benzene rings is 1. The van der Waals surface area contributed by atoms with E-state index in [1.54, 1.807) is 30.5 Å². The lowest BCUT2D eigenvalue weighted by molar-refractivity contribution is 0.102. The average Bonchev–Trinajstić information content (AvgIpc) is 3.14. The first kappa shape index (κ1) is 19.6. The minimum absolute atomic E-state index is 0.124. The Balaban J connectivity index is 1.43. The quantitative estimate of drug-likeness (QED) is 0.369. The van der Waals surface area contributed by atoms with Crippen LogP contribution < -0.4 is 10.9 Å². The Morgan fingerprint density at radius 1 is 1.24 bits per heavy atom. The van der Waals surface area contributed by atoms with E-state index in [0.29, 0.717) is 37.2 Å². The van der Waals surface area contributed by atoms with Crippen molar-refractivity contribution in [3.63, 3.8) is 0 Å². The Morgan fingerprint density at radius 3 is 2.93 bits per heavy atom. The predicted molar refractivity (Wildman–Crippen MR) is 115 cm³/mol. The number of amides is 1. The molecular formula is C19H14ClN5O2S2. The van der Waals surface area contributed by atoms with Gasteiger partial charge in [0, 0.05) is 28.6 Å². The summed E-state index contributed by atoms with van der Waals surface area (Å²) in [5, 5.41) is 11.6. The molecule has 0 spiro atoms. The third-order valence-electron chi connectivity index (χ3n) is 3.92. The normalized spacial score (nSPS) is 11.0. The summed E-state index contributed by atoms with van der Waals surface area (Å²) in [5.41, 5.74) is 2.57. The molecule has 0 fully saturated rings. The first-order valence-corrected chi connectivity index (χ1v) is 10.7. The van der Waals surface area contributed by atoms with Crippen molar-refractivity contribution in [1.29, 1.82) is 0 Å². The molecule has 0 saturated carbocycles. The molecule has 0 aliphatic heterocycles. The van der Waals surface area contributed by atoms with E-state index < -0.39 is 0 Å². The molecule has 1 amide bonds. The van der Waals surface area contributed by atoms with Crippen molar-refractivity contribution >= 4 is 51.4 Å². The summed E-state index contributed by atoms with van der Waals surface area (Å²) in [4.78, 5) is 29.0. The van der Waals surface area contributed by atoms with Crippen LogP contribution in [0, 0.1) is 6.92 Å². The topological polar surface area (TPSA) is 89.2 Å². The molecule has 0 saturated heterocycles. The van der Waals surface area contributed by atoms with E-state index in [0.717, 1.165) is 5.56 Å². The first-order valence-electron chi connectivity index (χ1n) is 8.50. The van der Waals surface area contributed by atoms with E-state index in [2.05, 4.69) is 20.5 Å². The Morgan fingerprint density at radius 2 is 2.10 bits per heavy atom. The summed E-state index contributed by atoms with van der Waals surface area (Å²) in [5.74, 6) is 0.163. The number of hydrogen-bond donors (Lipinski definition) is 1. The van der Waals surface area contributed by atoms with Gasteiger partial charge in [-0.1, -0.05) is 46.8 Å². The zero-order valence-corrected chi connectivity index (χ0v) is 17.5. The lowest BCUT2D eigenvalue weighted by Crippen LogP contribution is -2.15. The smallest absolute Gasteiger partial charge is 0.258 e. The second-order valence-corrected chi connectivity index (χ2v) is 8.78. The van der Waals surface area contributed by atoms with Crippen molar-refractivity contribution in [2.45, 2.75) is 17.0 Å². The number of carbonyl (C=O) groups excluding carboxylic acids is 1. The van der Waals surface area contributed by atoms with Crippen molar-refractivity contribution in [3.05, 3.63) is 80.9 Å². The van der Waals surface area contributed by atoms with Crippen LogP contribution in [-0.2, 0) is 5.75 Å². The zero-order valence-electron chi connectivity index (χ0n) is 15.1. The highest BCUT2D eigenvalue weighted by molar-refractivity contribution is 8.00. The Labute approximate surface area is 178 Å². The minimum atomic E-state index is -0.306. The standard InChI is InChI=1S/C19H14ClN5O2S2/c1-11-5-6-15-21-14(8-16(26)25(15)9-11)10-28-19-24-23-18(29-19)22-17(27)12-3-2-4-13(20)7-12/h2-9H,10H2,1H3,(H,22,23,27). The molecule has 10 heteroatoms. The average molecular weight is 444 g/mol. The van der Waals surface area contributed by atoms with Crippen LogP contribution in [0.2, 0.25) is 5.02 Å². The number of rotatable bonds is 5. The van der Waals surface area contributed by atoms with Crippen LogP contribution in [0.4, 0.5) is 5.13 Å². The van der Waals surface area contributed by atoms with Gasteiger partial charge in [-0.05, 0) is 36.8 Å². The second kappa shape index (κ2) is 8.32. The summed E-state index contributed by atoms with van der Waals surface area (Å²) in [6.07, 6.45) is 1.77. The van der Waals surface area contributed by atoms with Crippen LogP contribution in [0.5, 0.6) is 0 Å². The molecule has 0 radical (unpaired) electrons. The van der Waals surface area contributed by atoms with Crippen LogP contribution in [-0.4, -0.2) is 25.5 Å². The lowest BCUT2D eigenvalue weighted by Gasteiger charge is -2.04. The molecule has 3 aromatic heterocycles. The van der Waals surface area contributed by atoms with E-state index in [1.165, 1.54) is 33.6 Å². The van der Waals surface area contributed by atoms with Crippen molar-refractivity contribution in [3.8, 4) is 0 Å². The molecule has 3 heterocycles. The number of pyridine rings is 1. The molecule has 1 aromatic carbocycles. The number of hydrogen-bond acceptors (Lipinski definition) is 7. The summed E-state index contributed by atoms with van der Waals surface area (Å²) in [7, 11) is 0. The maximum absolute atomic E-state index is 12.3. The van der Waals surface area contributed by atoms with E-state index in [4.69, 9.17) is 11.6 Å². The maximum Gasteiger partial charge on any atom is 0.258 e. The third-order valence-corrected chi connectivity index (χ3v) is 6.16. The van der Waals surface area contributed by atoms with Gasteiger partial charge in [0.1, 0.15) is 5.65 Å². The highest BCUT2D eigenvalue weighted by Crippen LogP contribution is 2.28. The molecule has 0 aliphatic rings. The van der Waals surface area contributed by atoms with Gasteiger partial charge in [-0.3, -0.25) is 19.3 Å². The van der Waals surface area contributed by atoms with Crippen LogP contribution in [0.25, 0.3) is 5.65 Å². The van der Waals surface area contributed by atoms with Gasteiger partial charge in [0.25, 0.3) is 11.5 Å². The number of aryl methyl sites for hydroxylation is 1. The predicted octanol–water partition coefficient (Wildman–Crippen LogP) is 4.05. The molecule has 4 rings (SSSR count). The molecule has 0 bridgehead atoms. The monoisotopic (exact) mass is 443 g/mol. The highest BCUT2D eigenvalue weighted by Gasteiger charge is 2.12. The van der Waals surface area contributed by atoms with E-state index in [1.807, 2.05) is 19.1 Å². The van der Waals surface area contributed by atoms with Gasteiger partial charge < -0.3 is 0 Å². The zero-order chi connectivity index (χ0) is 20.4. The first-order chi connectivity index (χ1) is 14.0. The van der Waals surface area contributed by atoms with Crippen LogP contribution in [0.3, 0.4) is 0 Å². The molecule has 4 aromatic rings. The molecule has 0 aliphatic carbocycles. The molecule has 29 heavy (non-hydrogen) atoms. The number of fused-ring (bicyclic) bond motifs is 1. The lowest BCUT2D eigenvalue weighted by atomic mass is 10.2. The summed E-state index contributed by atoms with van der Waals surface area (Å²) < 4.78 is 2.19. The molecule has 7 nitrogen and oxygen atoms in total. The summed E-state index contributed by atoms with van der Waals surface area (Å²) in [6, 6.07) is 11.9. The van der Waals surface area contributed by atoms with Crippen LogP contribution >= 0.6 is 34.7 Å². The SMILES string of the molecule is Cc1ccc2nc(CSc3nnc(NC(=O)c4cccc(Cl)c4)s3)cc(=O)n2c1. The number of carbonyl (C=O) groups is 1. The third kappa shape index (κ3) is 4.64. The molecule has 0 unspecified atom stereocenters. The second-order valence-electron chi connectivity index (χ2n) is 6.15.